The van der Waals surface area contributed by atoms with Crippen molar-refractivity contribution in [1.82, 2.24) is 19.4 Å². The van der Waals surface area contributed by atoms with Crippen molar-refractivity contribution < 1.29 is 0 Å². The summed E-state index contributed by atoms with van der Waals surface area (Å²) in [5.41, 5.74) is 2.70. The van der Waals surface area contributed by atoms with Gasteiger partial charge in [0.05, 0.1) is 12.2 Å². The first-order valence-electron chi connectivity index (χ1n) is 7.31. The van der Waals surface area contributed by atoms with Crippen LogP contribution in [0.25, 0.3) is 0 Å². The van der Waals surface area contributed by atoms with Gasteiger partial charge in [0.2, 0.25) is 0 Å². The lowest BCUT2D eigenvalue weighted by Gasteiger charge is -2.46. The summed E-state index contributed by atoms with van der Waals surface area (Å²) in [6.45, 7) is 16.7. The average Bonchev–Trinajstić information content (AvgIpc) is 2.56. The van der Waals surface area contributed by atoms with Gasteiger partial charge in [0.1, 0.15) is 5.82 Å². The smallest absolute Gasteiger partial charge is 0.123 e. The second-order valence-electron chi connectivity index (χ2n) is 6.36. The van der Waals surface area contributed by atoms with Crippen molar-refractivity contribution in [2.24, 2.45) is 7.05 Å². The standard InChI is InChI=1S/C15H28N4/c1-7-19-9-8-18(11-15(19,4)5)10-14-16-12(2)13(3)17(14)6/h7-11H2,1-6H3. The Morgan fingerprint density at radius 3 is 2.37 bits per heavy atom. The molecule has 1 aromatic heterocycles. The maximum atomic E-state index is 4.70. The predicted molar refractivity (Wildman–Crippen MR) is 79.3 cm³/mol. The van der Waals surface area contributed by atoms with E-state index in [2.05, 4.69) is 56.0 Å². The molecular weight excluding hydrogens is 236 g/mol. The van der Waals surface area contributed by atoms with Crippen molar-refractivity contribution in [3.8, 4) is 0 Å². The molecule has 4 nitrogen and oxygen atoms in total. The van der Waals surface area contributed by atoms with Crippen LogP contribution in [0.3, 0.4) is 0 Å². The van der Waals surface area contributed by atoms with Crippen molar-refractivity contribution in [2.45, 2.75) is 46.7 Å². The van der Waals surface area contributed by atoms with E-state index in [1.54, 1.807) is 0 Å². The maximum Gasteiger partial charge on any atom is 0.123 e. The van der Waals surface area contributed by atoms with E-state index in [9.17, 15) is 0 Å². The molecule has 0 N–H and O–H groups in total. The lowest BCUT2D eigenvalue weighted by Crippen LogP contribution is -2.58. The summed E-state index contributed by atoms with van der Waals surface area (Å²) in [4.78, 5) is 9.80. The van der Waals surface area contributed by atoms with Crippen LogP contribution in [0.4, 0.5) is 0 Å². The number of piperazine rings is 1. The highest BCUT2D eigenvalue weighted by Crippen LogP contribution is 2.22. The summed E-state index contributed by atoms with van der Waals surface area (Å²) in [5.74, 6) is 1.19. The molecule has 108 valence electrons. The van der Waals surface area contributed by atoms with Crippen molar-refractivity contribution in [3.63, 3.8) is 0 Å². The molecule has 19 heavy (non-hydrogen) atoms. The minimum atomic E-state index is 0.266. The molecule has 2 heterocycles. The van der Waals surface area contributed by atoms with Crippen molar-refractivity contribution in [1.29, 1.82) is 0 Å². The Balaban J connectivity index is 2.07. The highest BCUT2D eigenvalue weighted by atomic mass is 15.3. The number of likely N-dealkylation sites (N-methyl/N-ethyl adjacent to an activating group) is 1. The monoisotopic (exact) mass is 264 g/mol. The first-order chi connectivity index (χ1) is 8.85. The summed E-state index contributed by atoms with van der Waals surface area (Å²) in [5, 5.41) is 0. The van der Waals surface area contributed by atoms with Gasteiger partial charge < -0.3 is 4.57 Å². The average molecular weight is 264 g/mol. The van der Waals surface area contributed by atoms with Crippen LogP contribution in [-0.4, -0.2) is 51.1 Å². The van der Waals surface area contributed by atoms with Gasteiger partial charge in [-0.25, -0.2) is 4.98 Å². The molecule has 0 radical (unpaired) electrons. The van der Waals surface area contributed by atoms with Gasteiger partial charge in [-0.3, -0.25) is 9.80 Å². The molecule has 0 aliphatic carbocycles. The Hall–Kier alpha value is -0.870. The van der Waals surface area contributed by atoms with Crippen LogP contribution in [0.2, 0.25) is 0 Å². The van der Waals surface area contributed by atoms with E-state index in [-0.39, 0.29) is 5.54 Å². The van der Waals surface area contributed by atoms with Gasteiger partial charge in [-0.05, 0) is 34.2 Å². The van der Waals surface area contributed by atoms with Crippen LogP contribution in [0.1, 0.15) is 38.0 Å². The lowest BCUT2D eigenvalue weighted by atomic mass is 9.99. The number of aryl methyl sites for hydroxylation is 1. The molecule has 1 fully saturated rings. The third-order valence-electron chi connectivity index (χ3n) is 4.61. The number of rotatable bonds is 3. The quantitative estimate of drug-likeness (QED) is 0.834. The molecule has 1 aliphatic rings. The Morgan fingerprint density at radius 2 is 1.89 bits per heavy atom. The normalized spacial score (nSPS) is 20.9. The number of hydrogen-bond donors (Lipinski definition) is 0. The third kappa shape index (κ3) is 2.84. The van der Waals surface area contributed by atoms with Crippen molar-refractivity contribution in [2.75, 3.05) is 26.2 Å². The zero-order valence-electron chi connectivity index (χ0n) is 13.3. The first kappa shape index (κ1) is 14.5. The summed E-state index contributed by atoms with van der Waals surface area (Å²) in [6, 6.07) is 0. The van der Waals surface area contributed by atoms with Gasteiger partial charge in [-0.1, -0.05) is 6.92 Å². The number of imidazole rings is 1. The van der Waals surface area contributed by atoms with Crippen LogP contribution >= 0.6 is 0 Å². The van der Waals surface area contributed by atoms with Crippen LogP contribution in [0, 0.1) is 13.8 Å². The zero-order valence-corrected chi connectivity index (χ0v) is 13.3. The van der Waals surface area contributed by atoms with Gasteiger partial charge in [-0.2, -0.15) is 0 Å². The fraction of sp³-hybridized carbons (Fsp3) is 0.800. The van der Waals surface area contributed by atoms with Gasteiger partial charge in [-0.15, -0.1) is 0 Å². The Bertz CT molecular complexity index is 447. The molecule has 1 saturated heterocycles. The van der Waals surface area contributed by atoms with Crippen LogP contribution in [0.15, 0.2) is 0 Å². The molecule has 0 saturated carbocycles. The molecule has 0 amide bonds. The molecule has 1 aliphatic heterocycles. The van der Waals surface area contributed by atoms with E-state index in [4.69, 9.17) is 4.98 Å². The largest absolute Gasteiger partial charge is 0.334 e. The lowest BCUT2D eigenvalue weighted by molar-refractivity contribution is 0.0187. The summed E-state index contributed by atoms with van der Waals surface area (Å²) in [7, 11) is 2.12. The van der Waals surface area contributed by atoms with E-state index >= 15 is 0 Å². The summed E-state index contributed by atoms with van der Waals surface area (Å²) in [6.07, 6.45) is 0. The molecular formula is C15H28N4. The molecule has 4 heteroatoms. The molecule has 0 aromatic carbocycles. The van der Waals surface area contributed by atoms with Crippen LogP contribution < -0.4 is 0 Å². The molecule has 0 spiro atoms. The summed E-state index contributed by atoms with van der Waals surface area (Å²) < 4.78 is 2.23. The Labute approximate surface area is 117 Å². The van der Waals surface area contributed by atoms with E-state index in [1.165, 1.54) is 11.5 Å². The van der Waals surface area contributed by atoms with Gasteiger partial charge in [0.25, 0.3) is 0 Å². The second kappa shape index (κ2) is 5.25. The van der Waals surface area contributed by atoms with Crippen molar-refractivity contribution in [3.05, 3.63) is 17.2 Å². The Morgan fingerprint density at radius 1 is 1.21 bits per heavy atom. The molecule has 1 aromatic rings. The number of hydrogen-bond acceptors (Lipinski definition) is 3. The fourth-order valence-electron chi connectivity index (χ4n) is 3.14. The number of aromatic nitrogens is 2. The molecule has 0 bridgehead atoms. The van der Waals surface area contributed by atoms with E-state index < -0.39 is 0 Å². The molecule has 2 rings (SSSR count). The SMILES string of the molecule is CCN1CCN(Cc2nc(C)c(C)n2C)CC1(C)C. The second-order valence-corrected chi connectivity index (χ2v) is 6.36. The van der Waals surface area contributed by atoms with Crippen LogP contribution in [-0.2, 0) is 13.6 Å². The van der Waals surface area contributed by atoms with E-state index in [0.29, 0.717) is 0 Å². The minimum absolute atomic E-state index is 0.266. The van der Waals surface area contributed by atoms with E-state index in [1.807, 2.05) is 0 Å². The minimum Gasteiger partial charge on any atom is -0.334 e. The van der Waals surface area contributed by atoms with E-state index in [0.717, 1.165) is 38.4 Å². The highest BCUT2D eigenvalue weighted by Gasteiger charge is 2.32. The summed E-state index contributed by atoms with van der Waals surface area (Å²) >= 11 is 0. The van der Waals surface area contributed by atoms with Gasteiger partial charge in [0, 0.05) is 37.9 Å². The fourth-order valence-corrected chi connectivity index (χ4v) is 3.14. The first-order valence-corrected chi connectivity index (χ1v) is 7.31. The van der Waals surface area contributed by atoms with Crippen LogP contribution in [0.5, 0.6) is 0 Å². The Kier molecular flexibility index (Phi) is 4.02. The maximum absolute atomic E-state index is 4.70. The third-order valence-corrected chi connectivity index (χ3v) is 4.61. The predicted octanol–water partition coefficient (Wildman–Crippen LogP) is 1.95. The number of nitrogens with zero attached hydrogens (tertiary/aromatic N) is 4. The van der Waals surface area contributed by atoms with Gasteiger partial charge in [0.15, 0.2) is 0 Å². The zero-order chi connectivity index (χ0) is 14.2. The van der Waals surface area contributed by atoms with Gasteiger partial charge >= 0.3 is 0 Å². The highest BCUT2D eigenvalue weighted by molar-refractivity contribution is 5.13. The molecule has 0 unspecified atom stereocenters. The molecule has 0 atom stereocenters. The van der Waals surface area contributed by atoms with Crippen molar-refractivity contribution >= 4 is 0 Å². The topological polar surface area (TPSA) is 24.3 Å².